The van der Waals surface area contributed by atoms with Crippen molar-refractivity contribution in [2.75, 3.05) is 19.7 Å². The number of carbonyl (C=O) groups excluding carboxylic acids is 2. The fourth-order valence-electron chi connectivity index (χ4n) is 2.92. The van der Waals surface area contributed by atoms with Gasteiger partial charge in [0.1, 0.15) is 5.69 Å². The number of amides is 2. The minimum Gasteiger partial charge on any atom is -0.450 e. The molecule has 1 saturated heterocycles. The first-order chi connectivity index (χ1) is 12.6. The van der Waals surface area contributed by atoms with Crippen LogP contribution >= 0.6 is 11.6 Å². The van der Waals surface area contributed by atoms with E-state index in [4.69, 9.17) is 16.3 Å². The van der Waals surface area contributed by atoms with Crippen LogP contribution in [0.3, 0.4) is 0 Å². The number of likely N-dealkylation sites (tertiary alicyclic amines) is 1. The van der Waals surface area contributed by atoms with Crippen molar-refractivity contribution in [1.29, 1.82) is 0 Å². The highest BCUT2D eigenvalue weighted by Crippen LogP contribution is 2.21. The zero-order chi connectivity index (χ0) is 18.5. The zero-order valence-electron chi connectivity index (χ0n) is 14.5. The summed E-state index contributed by atoms with van der Waals surface area (Å²) in [6.45, 7) is 3.29. The van der Waals surface area contributed by atoms with Crippen molar-refractivity contribution in [1.82, 2.24) is 20.4 Å². The number of piperidine rings is 1. The van der Waals surface area contributed by atoms with Crippen LogP contribution in [-0.2, 0) is 4.74 Å². The Hall–Kier alpha value is -2.54. The summed E-state index contributed by atoms with van der Waals surface area (Å²) in [4.78, 5) is 25.8. The molecule has 0 radical (unpaired) electrons. The number of benzene rings is 1. The van der Waals surface area contributed by atoms with Crippen LogP contribution in [0.2, 0.25) is 5.02 Å². The molecule has 1 aromatic heterocycles. The Morgan fingerprint density at radius 1 is 1.35 bits per heavy atom. The molecule has 1 aromatic carbocycles. The fraction of sp³-hybridized carbons (Fsp3) is 0.389. The third-order valence-electron chi connectivity index (χ3n) is 4.30. The summed E-state index contributed by atoms with van der Waals surface area (Å²) < 4.78 is 5.00. The highest BCUT2D eigenvalue weighted by atomic mass is 35.5. The number of ether oxygens (including phenoxy) is 1. The third-order valence-corrected chi connectivity index (χ3v) is 4.53. The average molecular weight is 377 g/mol. The number of hydrogen-bond acceptors (Lipinski definition) is 4. The van der Waals surface area contributed by atoms with Gasteiger partial charge in [0.2, 0.25) is 0 Å². The number of rotatable bonds is 4. The van der Waals surface area contributed by atoms with Gasteiger partial charge in [-0.3, -0.25) is 9.89 Å². The molecule has 2 aromatic rings. The number of hydrogen-bond donors (Lipinski definition) is 2. The molecule has 1 aliphatic heterocycles. The maximum atomic E-state index is 12.4. The molecule has 1 aliphatic rings. The molecule has 138 valence electrons. The van der Waals surface area contributed by atoms with Crippen molar-refractivity contribution >= 4 is 23.6 Å². The van der Waals surface area contributed by atoms with Crippen molar-refractivity contribution in [3.8, 4) is 11.3 Å². The molecule has 8 heteroatoms. The second-order valence-corrected chi connectivity index (χ2v) is 6.55. The summed E-state index contributed by atoms with van der Waals surface area (Å²) in [6, 6.07) is 9.02. The van der Waals surface area contributed by atoms with Gasteiger partial charge in [-0.05, 0) is 38.0 Å². The van der Waals surface area contributed by atoms with E-state index in [1.165, 1.54) is 0 Å². The lowest BCUT2D eigenvalue weighted by Gasteiger charge is -2.31. The SMILES string of the molecule is CCOC(=O)N1CCC(NC(=O)c2cc(-c3cccc(Cl)c3)n[nH]2)CC1. The van der Waals surface area contributed by atoms with Gasteiger partial charge in [0.05, 0.1) is 12.3 Å². The molecule has 3 rings (SSSR count). The Morgan fingerprint density at radius 3 is 2.81 bits per heavy atom. The van der Waals surface area contributed by atoms with Crippen molar-refractivity contribution in [3.63, 3.8) is 0 Å². The van der Waals surface area contributed by atoms with E-state index >= 15 is 0 Å². The molecule has 0 atom stereocenters. The normalized spacial score (nSPS) is 14.9. The predicted octanol–water partition coefficient (Wildman–Crippen LogP) is 3.08. The van der Waals surface area contributed by atoms with Crippen LogP contribution in [0.15, 0.2) is 30.3 Å². The molecule has 0 saturated carbocycles. The molecule has 0 bridgehead atoms. The van der Waals surface area contributed by atoms with Gasteiger partial charge >= 0.3 is 6.09 Å². The van der Waals surface area contributed by atoms with Gasteiger partial charge in [0.25, 0.3) is 5.91 Å². The number of halogens is 1. The molecule has 0 spiro atoms. The molecule has 2 amide bonds. The van der Waals surface area contributed by atoms with Gasteiger partial charge in [-0.15, -0.1) is 0 Å². The Balaban J connectivity index is 1.56. The van der Waals surface area contributed by atoms with Crippen molar-refractivity contribution < 1.29 is 14.3 Å². The lowest BCUT2D eigenvalue weighted by atomic mass is 10.1. The van der Waals surface area contributed by atoms with E-state index in [0.29, 0.717) is 48.9 Å². The van der Waals surface area contributed by atoms with Gasteiger partial charge in [-0.1, -0.05) is 23.7 Å². The van der Waals surface area contributed by atoms with Crippen LogP contribution in [0.4, 0.5) is 4.79 Å². The summed E-state index contributed by atoms with van der Waals surface area (Å²) in [5.74, 6) is -0.208. The van der Waals surface area contributed by atoms with E-state index in [0.717, 1.165) is 5.56 Å². The van der Waals surface area contributed by atoms with E-state index in [9.17, 15) is 9.59 Å². The molecule has 2 N–H and O–H groups in total. The van der Waals surface area contributed by atoms with E-state index in [-0.39, 0.29) is 18.0 Å². The van der Waals surface area contributed by atoms with Crippen molar-refractivity contribution in [2.45, 2.75) is 25.8 Å². The second kappa shape index (κ2) is 8.23. The van der Waals surface area contributed by atoms with Gasteiger partial charge in [0, 0.05) is 29.7 Å². The molecule has 26 heavy (non-hydrogen) atoms. The van der Waals surface area contributed by atoms with Gasteiger partial charge in [0.15, 0.2) is 0 Å². The van der Waals surface area contributed by atoms with Crippen LogP contribution in [0.25, 0.3) is 11.3 Å². The molecule has 0 unspecified atom stereocenters. The largest absolute Gasteiger partial charge is 0.450 e. The molecule has 1 fully saturated rings. The first-order valence-electron chi connectivity index (χ1n) is 8.60. The Morgan fingerprint density at radius 2 is 2.12 bits per heavy atom. The zero-order valence-corrected chi connectivity index (χ0v) is 15.3. The Labute approximate surface area is 156 Å². The highest BCUT2D eigenvalue weighted by Gasteiger charge is 2.25. The highest BCUT2D eigenvalue weighted by molar-refractivity contribution is 6.30. The molecule has 7 nitrogen and oxygen atoms in total. The molecule has 2 heterocycles. The quantitative estimate of drug-likeness (QED) is 0.858. The molecular formula is C18H21ClN4O3. The van der Waals surface area contributed by atoms with Crippen LogP contribution in [0, 0.1) is 0 Å². The minimum absolute atomic E-state index is 0.0195. The number of aromatic amines is 1. The lowest BCUT2D eigenvalue weighted by molar-refractivity contribution is 0.0856. The lowest BCUT2D eigenvalue weighted by Crippen LogP contribution is -2.46. The van der Waals surface area contributed by atoms with E-state index < -0.39 is 0 Å². The molecule has 0 aliphatic carbocycles. The second-order valence-electron chi connectivity index (χ2n) is 6.11. The smallest absolute Gasteiger partial charge is 0.409 e. The maximum absolute atomic E-state index is 12.4. The maximum Gasteiger partial charge on any atom is 0.409 e. The average Bonchev–Trinajstić information content (AvgIpc) is 3.13. The summed E-state index contributed by atoms with van der Waals surface area (Å²) >= 11 is 5.99. The van der Waals surface area contributed by atoms with E-state index in [2.05, 4.69) is 15.5 Å². The Kier molecular flexibility index (Phi) is 5.78. The molecular weight excluding hydrogens is 356 g/mol. The van der Waals surface area contributed by atoms with Crippen LogP contribution < -0.4 is 5.32 Å². The minimum atomic E-state index is -0.294. The predicted molar refractivity (Wildman–Crippen MR) is 98.1 cm³/mol. The van der Waals surface area contributed by atoms with Crippen molar-refractivity contribution in [3.05, 3.63) is 41.0 Å². The standard InChI is InChI=1S/C18H21ClN4O3/c1-2-26-18(25)23-8-6-14(7-9-23)20-17(24)16-11-15(21-22-16)12-4-3-5-13(19)10-12/h3-5,10-11,14H,2,6-9H2,1H3,(H,20,24)(H,21,22). The third kappa shape index (κ3) is 4.35. The summed E-state index contributed by atoms with van der Waals surface area (Å²) in [7, 11) is 0. The van der Waals surface area contributed by atoms with Gasteiger partial charge in [-0.25, -0.2) is 4.79 Å². The first-order valence-corrected chi connectivity index (χ1v) is 8.98. The number of nitrogens with one attached hydrogen (secondary N) is 2. The van der Waals surface area contributed by atoms with Gasteiger partial charge in [-0.2, -0.15) is 5.10 Å². The number of aromatic nitrogens is 2. The first kappa shape index (κ1) is 18.3. The topological polar surface area (TPSA) is 87.3 Å². The summed E-state index contributed by atoms with van der Waals surface area (Å²) in [5.41, 5.74) is 1.90. The summed E-state index contributed by atoms with van der Waals surface area (Å²) in [5, 5.41) is 10.6. The van der Waals surface area contributed by atoms with Crippen LogP contribution in [-0.4, -0.2) is 52.8 Å². The number of nitrogens with zero attached hydrogens (tertiary/aromatic N) is 2. The number of carbonyl (C=O) groups is 2. The fourth-order valence-corrected chi connectivity index (χ4v) is 3.11. The van der Waals surface area contributed by atoms with Gasteiger partial charge < -0.3 is 15.0 Å². The van der Waals surface area contributed by atoms with Crippen molar-refractivity contribution in [2.24, 2.45) is 0 Å². The Bertz CT molecular complexity index is 784. The van der Waals surface area contributed by atoms with E-state index in [1.54, 1.807) is 30.0 Å². The van der Waals surface area contributed by atoms with E-state index in [1.807, 2.05) is 12.1 Å². The monoisotopic (exact) mass is 376 g/mol. The summed E-state index contributed by atoms with van der Waals surface area (Å²) in [6.07, 6.45) is 1.09. The van der Waals surface area contributed by atoms with Crippen LogP contribution in [0.5, 0.6) is 0 Å². The number of H-pyrrole nitrogens is 1. The van der Waals surface area contributed by atoms with Crippen LogP contribution in [0.1, 0.15) is 30.3 Å².